The normalized spacial score (nSPS) is 10.6. The zero-order chi connectivity index (χ0) is 12.4. The predicted molar refractivity (Wildman–Crippen MR) is 71.4 cm³/mol. The Balaban J connectivity index is 2.28. The van der Waals surface area contributed by atoms with Gasteiger partial charge in [-0.25, -0.2) is 4.98 Å². The highest BCUT2D eigenvalue weighted by molar-refractivity contribution is 9.10. The molecule has 0 radical (unpaired) electrons. The lowest BCUT2D eigenvalue weighted by atomic mass is 10.1. The first-order valence-electron chi connectivity index (χ1n) is 5.42. The number of hydrogen-bond acceptors (Lipinski definition) is 2. The second-order valence-electron chi connectivity index (χ2n) is 3.98. The molecule has 0 saturated heterocycles. The smallest absolute Gasteiger partial charge is 0.119 e. The molecule has 0 amide bonds. The van der Waals surface area contributed by atoms with Crippen molar-refractivity contribution in [1.29, 1.82) is 0 Å². The van der Waals surface area contributed by atoms with Gasteiger partial charge in [0.1, 0.15) is 16.2 Å². The minimum Gasteiger partial charge on any atom is -0.497 e. The van der Waals surface area contributed by atoms with E-state index in [9.17, 15) is 0 Å². The standard InChI is InChI=1S/C13H15BrN2O/c1-9-15-12(13(14)16(9)2)8-10-5-4-6-11(7-10)17-3/h4-7H,8H2,1-3H3. The van der Waals surface area contributed by atoms with E-state index in [-0.39, 0.29) is 0 Å². The summed E-state index contributed by atoms with van der Waals surface area (Å²) in [6.45, 7) is 2.00. The van der Waals surface area contributed by atoms with Gasteiger partial charge in [0.05, 0.1) is 12.8 Å². The quantitative estimate of drug-likeness (QED) is 0.870. The highest BCUT2D eigenvalue weighted by Gasteiger charge is 2.10. The molecule has 0 bridgehead atoms. The molecule has 0 aliphatic heterocycles. The zero-order valence-corrected chi connectivity index (χ0v) is 11.8. The summed E-state index contributed by atoms with van der Waals surface area (Å²) >= 11 is 3.56. The van der Waals surface area contributed by atoms with Crippen molar-refractivity contribution in [2.45, 2.75) is 13.3 Å². The molecule has 0 unspecified atom stereocenters. The van der Waals surface area contributed by atoms with Crippen molar-refractivity contribution >= 4 is 15.9 Å². The van der Waals surface area contributed by atoms with Gasteiger partial charge in [-0.3, -0.25) is 0 Å². The summed E-state index contributed by atoms with van der Waals surface area (Å²) in [5, 5.41) is 0. The average Bonchev–Trinajstić information content (AvgIpc) is 2.57. The number of ether oxygens (including phenoxy) is 1. The number of hydrogen-bond donors (Lipinski definition) is 0. The van der Waals surface area contributed by atoms with Crippen LogP contribution in [0.1, 0.15) is 17.1 Å². The SMILES string of the molecule is COc1cccc(Cc2nc(C)n(C)c2Br)c1. The van der Waals surface area contributed by atoms with Crippen molar-refractivity contribution in [2.75, 3.05) is 7.11 Å². The van der Waals surface area contributed by atoms with Crippen molar-refractivity contribution in [2.24, 2.45) is 7.05 Å². The highest BCUT2D eigenvalue weighted by Crippen LogP contribution is 2.22. The third kappa shape index (κ3) is 2.52. The summed E-state index contributed by atoms with van der Waals surface area (Å²) in [6, 6.07) is 8.06. The fraction of sp³-hybridized carbons (Fsp3) is 0.308. The van der Waals surface area contributed by atoms with Gasteiger partial charge in [-0.15, -0.1) is 0 Å². The van der Waals surface area contributed by atoms with Gasteiger partial charge < -0.3 is 9.30 Å². The maximum absolute atomic E-state index is 5.21. The first-order chi connectivity index (χ1) is 8.11. The predicted octanol–water partition coefficient (Wildman–Crippen LogP) is 3.09. The molecule has 2 rings (SSSR count). The molecule has 90 valence electrons. The summed E-state index contributed by atoms with van der Waals surface area (Å²) in [6.07, 6.45) is 0.805. The second-order valence-corrected chi connectivity index (χ2v) is 4.73. The van der Waals surface area contributed by atoms with Crippen molar-refractivity contribution in [3.63, 3.8) is 0 Å². The van der Waals surface area contributed by atoms with E-state index in [1.807, 2.05) is 36.7 Å². The Labute approximate surface area is 110 Å². The van der Waals surface area contributed by atoms with Crippen LogP contribution in [0.2, 0.25) is 0 Å². The van der Waals surface area contributed by atoms with Crippen LogP contribution in [0.5, 0.6) is 5.75 Å². The van der Waals surface area contributed by atoms with Gasteiger partial charge >= 0.3 is 0 Å². The lowest BCUT2D eigenvalue weighted by Gasteiger charge is -2.03. The monoisotopic (exact) mass is 294 g/mol. The van der Waals surface area contributed by atoms with E-state index in [0.717, 1.165) is 28.3 Å². The molecule has 1 aromatic carbocycles. The van der Waals surface area contributed by atoms with Gasteiger partial charge in [0.15, 0.2) is 0 Å². The van der Waals surface area contributed by atoms with E-state index in [1.54, 1.807) is 7.11 Å². The minimum atomic E-state index is 0.805. The van der Waals surface area contributed by atoms with Gasteiger partial charge in [0.2, 0.25) is 0 Å². The summed E-state index contributed by atoms with van der Waals surface area (Å²) in [7, 11) is 3.68. The van der Waals surface area contributed by atoms with Crippen molar-refractivity contribution in [3.8, 4) is 5.75 Å². The Morgan fingerprint density at radius 3 is 2.76 bits per heavy atom. The van der Waals surface area contributed by atoms with E-state index in [0.29, 0.717) is 0 Å². The minimum absolute atomic E-state index is 0.805. The van der Waals surface area contributed by atoms with Crippen LogP contribution in [0, 0.1) is 6.92 Å². The van der Waals surface area contributed by atoms with Crippen LogP contribution in [-0.4, -0.2) is 16.7 Å². The first kappa shape index (κ1) is 12.2. The molecule has 0 fully saturated rings. The van der Waals surface area contributed by atoms with Gasteiger partial charge in [-0.05, 0) is 40.5 Å². The van der Waals surface area contributed by atoms with E-state index in [2.05, 4.69) is 27.0 Å². The third-order valence-electron chi connectivity index (χ3n) is 2.82. The van der Waals surface area contributed by atoms with Crippen LogP contribution < -0.4 is 4.74 Å². The molecule has 0 spiro atoms. The highest BCUT2D eigenvalue weighted by atomic mass is 79.9. The molecule has 0 saturated carbocycles. The number of halogens is 1. The van der Waals surface area contributed by atoms with Crippen LogP contribution in [0.25, 0.3) is 0 Å². The number of rotatable bonds is 3. The van der Waals surface area contributed by atoms with Crippen LogP contribution >= 0.6 is 15.9 Å². The fourth-order valence-electron chi connectivity index (χ4n) is 1.74. The van der Waals surface area contributed by atoms with Gasteiger partial charge in [-0.2, -0.15) is 0 Å². The van der Waals surface area contributed by atoms with Gasteiger partial charge in [-0.1, -0.05) is 12.1 Å². The van der Waals surface area contributed by atoms with E-state index in [1.165, 1.54) is 5.56 Å². The third-order valence-corrected chi connectivity index (χ3v) is 3.81. The fourth-order valence-corrected chi connectivity index (χ4v) is 2.23. The van der Waals surface area contributed by atoms with E-state index < -0.39 is 0 Å². The van der Waals surface area contributed by atoms with Crippen LogP contribution in [-0.2, 0) is 13.5 Å². The largest absolute Gasteiger partial charge is 0.497 e. The zero-order valence-electron chi connectivity index (χ0n) is 10.2. The van der Waals surface area contributed by atoms with Crippen LogP contribution in [0.4, 0.5) is 0 Å². The van der Waals surface area contributed by atoms with Crippen LogP contribution in [0.15, 0.2) is 28.9 Å². The Bertz CT molecular complexity index is 534. The van der Waals surface area contributed by atoms with Gasteiger partial charge in [0, 0.05) is 13.5 Å². The average molecular weight is 295 g/mol. The molecule has 1 heterocycles. The second kappa shape index (κ2) is 4.92. The topological polar surface area (TPSA) is 27.1 Å². The van der Waals surface area contributed by atoms with E-state index >= 15 is 0 Å². The molecule has 2 aromatic rings. The van der Waals surface area contributed by atoms with Crippen molar-refractivity contribution in [1.82, 2.24) is 9.55 Å². The number of aromatic nitrogens is 2. The van der Waals surface area contributed by atoms with Crippen molar-refractivity contribution in [3.05, 3.63) is 46.0 Å². The molecular weight excluding hydrogens is 280 g/mol. The van der Waals surface area contributed by atoms with Gasteiger partial charge in [0.25, 0.3) is 0 Å². The molecule has 0 aliphatic rings. The summed E-state index contributed by atoms with van der Waals surface area (Å²) in [5.41, 5.74) is 2.25. The molecule has 3 nitrogen and oxygen atoms in total. The maximum Gasteiger partial charge on any atom is 0.119 e. The summed E-state index contributed by atoms with van der Waals surface area (Å²) < 4.78 is 8.29. The molecule has 4 heteroatoms. The Hall–Kier alpha value is -1.29. The Morgan fingerprint density at radius 2 is 2.18 bits per heavy atom. The summed E-state index contributed by atoms with van der Waals surface area (Å²) in [4.78, 5) is 4.54. The number of aryl methyl sites for hydroxylation is 1. The van der Waals surface area contributed by atoms with Crippen LogP contribution in [0.3, 0.4) is 0 Å². The number of methoxy groups -OCH3 is 1. The van der Waals surface area contributed by atoms with E-state index in [4.69, 9.17) is 4.74 Å². The summed E-state index contributed by atoms with van der Waals surface area (Å²) in [5.74, 6) is 1.89. The number of nitrogens with zero attached hydrogens (tertiary/aromatic N) is 2. The lowest BCUT2D eigenvalue weighted by Crippen LogP contribution is -1.92. The molecule has 0 N–H and O–H groups in total. The van der Waals surface area contributed by atoms with Crippen molar-refractivity contribution < 1.29 is 4.74 Å². The molecule has 0 aliphatic carbocycles. The number of imidazole rings is 1. The Kier molecular flexibility index (Phi) is 3.52. The molecule has 1 aromatic heterocycles. The Morgan fingerprint density at radius 1 is 1.41 bits per heavy atom. The molecular formula is C13H15BrN2O. The maximum atomic E-state index is 5.21. The lowest BCUT2D eigenvalue weighted by molar-refractivity contribution is 0.414. The molecule has 17 heavy (non-hydrogen) atoms. The first-order valence-corrected chi connectivity index (χ1v) is 6.21. The number of benzene rings is 1. The molecule has 0 atom stereocenters.